The van der Waals surface area contributed by atoms with Gasteiger partial charge in [0.2, 0.25) is 5.91 Å². The fourth-order valence-electron chi connectivity index (χ4n) is 1.50. The second kappa shape index (κ2) is 6.21. The molecule has 8 nitrogen and oxygen atoms in total. The van der Waals surface area contributed by atoms with Crippen molar-refractivity contribution in [3.8, 4) is 0 Å². The lowest BCUT2D eigenvalue weighted by Crippen LogP contribution is -2.34. The fraction of sp³-hybridized carbons (Fsp3) is 0.455. The molecule has 0 bridgehead atoms. The van der Waals surface area contributed by atoms with Gasteiger partial charge in [-0.15, -0.1) is 0 Å². The van der Waals surface area contributed by atoms with Crippen LogP contribution in [0.4, 0.5) is 5.69 Å². The molecule has 104 valence electrons. The van der Waals surface area contributed by atoms with Gasteiger partial charge in [0.25, 0.3) is 5.69 Å². The SMILES string of the molecule is CC(=O)NCC(O)C(O)c1cc([N+](=O)[O-])cnc1C. The van der Waals surface area contributed by atoms with E-state index in [9.17, 15) is 25.1 Å². The molecule has 0 saturated carbocycles. The van der Waals surface area contributed by atoms with Crippen LogP contribution in [-0.4, -0.2) is 38.7 Å². The van der Waals surface area contributed by atoms with Gasteiger partial charge in [0.1, 0.15) is 18.4 Å². The number of carbonyl (C=O) groups excluding carboxylic acids is 1. The normalized spacial score (nSPS) is 13.7. The van der Waals surface area contributed by atoms with Gasteiger partial charge in [-0.1, -0.05) is 0 Å². The predicted octanol–water partition coefficient (Wildman–Crippen LogP) is -0.171. The predicted molar refractivity (Wildman–Crippen MR) is 65.3 cm³/mol. The van der Waals surface area contributed by atoms with Gasteiger partial charge in [0.15, 0.2) is 0 Å². The molecule has 0 aliphatic carbocycles. The minimum absolute atomic E-state index is 0.154. The van der Waals surface area contributed by atoms with Gasteiger partial charge in [-0.05, 0) is 6.92 Å². The Morgan fingerprint density at radius 2 is 2.21 bits per heavy atom. The third kappa shape index (κ3) is 3.97. The minimum Gasteiger partial charge on any atom is -0.388 e. The van der Waals surface area contributed by atoms with E-state index < -0.39 is 17.1 Å². The number of nitrogens with one attached hydrogen (secondary N) is 1. The Bertz CT molecular complexity index is 491. The van der Waals surface area contributed by atoms with Crippen LogP contribution in [0.5, 0.6) is 0 Å². The van der Waals surface area contributed by atoms with E-state index in [4.69, 9.17) is 0 Å². The third-order valence-corrected chi connectivity index (χ3v) is 2.57. The minimum atomic E-state index is -1.36. The lowest BCUT2D eigenvalue weighted by atomic mass is 10.0. The van der Waals surface area contributed by atoms with E-state index in [0.717, 1.165) is 12.3 Å². The number of pyridine rings is 1. The summed E-state index contributed by atoms with van der Waals surface area (Å²) < 4.78 is 0. The van der Waals surface area contributed by atoms with Crippen molar-refractivity contribution in [3.63, 3.8) is 0 Å². The van der Waals surface area contributed by atoms with Crippen molar-refractivity contribution >= 4 is 11.6 Å². The molecule has 1 heterocycles. The van der Waals surface area contributed by atoms with Crippen LogP contribution in [0.15, 0.2) is 12.3 Å². The quantitative estimate of drug-likeness (QED) is 0.503. The average molecular weight is 269 g/mol. The molecule has 0 aromatic carbocycles. The van der Waals surface area contributed by atoms with Gasteiger partial charge in [-0.3, -0.25) is 19.9 Å². The van der Waals surface area contributed by atoms with E-state index in [1.54, 1.807) is 6.92 Å². The first-order chi connectivity index (χ1) is 8.82. The average Bonchev–Trinajstić information content (AvgIpc) is 2.35. The number of aryl methyl sites for hydroxylation is 1. The van der Waals surface area contributed by atoms with Gasteiger partial charge in [0, 0.05) is 30.8 Å². The highest BCUT2D eigenvalue weighted by molar-refractivity contribution is 5.72. The fourth-order valence-corrected chi connectivity index (χ4v) is 1.50. The Kier molecular flexibility index (Phi) is 4.90. The molecule has 8 heteroatoms. The van der Waals surface area contributed by atoms with Crippen LogP contribution < -0.4 is 5.32 Å². The van der Waals surface area contributed by atoms with Gasteiger partial charge >= 0.3 is 0 Å². The first-order valence-corrected chi connectivity index (χ1v) is 5.54. The molecule has 2 unspecified atom stereocenters. The van der Waals surface area contributed by atoms with Gasteiger partial charge in [-0.25, -0.2) is 0 Å². The number of rotatable bonds is 5. The van der Waals surface area contributed by atoms with Crippen molar-refractivity contribution in [2.75, 3.05) is 6.54 Å². The van der Waals surface area contributed by atoms with Crippen LogP contribution in [-0.2, 0) is 4.79 Å². The molecule has 1 aromatic heterocycles. The van der Waals surface area contributed by atoms with E-state index in [2.05, 4.69) is 10.3 Å². The van der Waals surface area contributed by atoms with Gasteiger partial charge < -0.3 is 15.5 Å². The number of nitrogens with zero attached hydrogens (tertiary/aromatic N) is 2. The molecule has 19 heavy (non-hydrogen) atoms. The van der Waals surface area contributed by atoms with E-state index in [1.165, 1.54) is 6.92 Å². The van der Waals surface area contributed by atoms with Crippen LogP contribution in [0, 0.1) is 17.0 Å². The molecular weight excluding hydrogens is 254 g/mol. The van der Waals surface area contributed by atoms with Crippen molar-refractivity contribution in [1.29, 1.82) is 0 Å². The summed E-state index contributed by atoms with van der Waals surface area (Å²) in [6.45, 7) is 2.69. The summed E-state index contributed by atoms with van der Waals surface area (Å²) in [7, 11) is 0. The lowest BCUT2D eigenvalue weighted by Gasteiger charge is -2.19. The second-order valence-electron chi connectivity index (χ2n) is 4.07. The van der Waals surface area contributed by atoms with Gasteiger partial charge in [-0.2, -0.15) is 0 Å². The molecule has 3 N–H and O–H groups in total. The maximum atomic E-state index is 10.7. The third-order valence-electron chi connectivity index (χ3n) is 2.57. The molecule has 1 amide bonds. The molecule has 0 aliphatic heterocycles. The Morgan fingerprint density at radius 1 is 1.58 bits per heavy atom. The van der Waals surface area contributed by atoms with Crippen LogP contribution >= 0.6 is 0 Å². The van der Waals surface area contributed by atoms with Crippen molar-refractivity contribution in [3.05, 3.63) is 33.6 Å². The topological polar surface area (TPSA) is 126 Å². The van der Waals surface area contributed by atoms with E-state index in [1.807, 2.05) is 0 Å². The summed E-state index contributed by atoms with van der Waals surface area (Å²) in [5.41, 5.74) is 0.262. The summed E-state index contributed by atoms with van der Waals surface area (Å²) >= 11 is 0. The molecule has 0 radical (unpaired) electrons. The lowest BCUT2D eigenvalue weighted by molar-refractivity contribution is -0.385. The summed E-state index contributed by atoms with van der Waals surface area (Å²) in [5.74, 6) is -0.347. The molecule has 0 spiro atoms. The van der Waals surface area contributed by atoms with Crippen molar-refractivity contribution in [2.24, 2.45) is 0 Å². The van der Waals surface area contributed by atoms with Crippen LogP contribution in [0.25, 0.3) is 0 Å². The second-order valence-corrected chi connectivity index (χ2v) is 4.07. The summed E-state index contributed by atoms with van der Waals surface area (Å²) in [4.78, 5) is 24.5. The van der Waals surface area contributed by atoms with Crippen molar-refractivity contribution in [2.45, 2.75) is 26.1 Å². The first-order valence-electron chi connectivity index (χ1n) is 5.54. The molecule has 1 rings (SSSR count). The zero-order valence-electron chi connectivity index (χ0n) is 10.5. The van der Waals surface area contributed by atoms with Gasteiger partial charge in [0.05, 0.1) is 4.92 Å². The maximum Gasteiger partial charge on any atom is 0.287 e. The highest BCUT2D eigenvalue weighted by Crippen LogP contribution is 2.23. The highest BCUT2D eigenvalue weighted by Gasteiger charge is 2.23. The smallest absolute Gasteiger partial charge is 0.287 e. The standard InChI is InChI=1S/C11H15N3O5/c1-6-9(3-8(4-12-6)14(18)19)11(17)10(16)5-13-7(2)15/h3-4,10-11,16-17H,5H2,1-2H3,(H,13,15). The maximum absolute atomic E-state index is 10.7. The van der Waals surface area contributed by atoms with E-state index in [0.29, 0.717) is 5.69 Å². The first kappa shape index (κ1) is 15.0. The number of hydrogen-bond acceptors (Lipinski definition) is 6. The Balaban J connectivity index is 2.91. The van der Waals surface area contributed by atoms with Crippen LogP contribution in [0.2, 0.25) is 0 Å². The van der Waals surface area contributed by atoms with E-state index in [-0.39, 0.29) is 23.7 Å². The number of aliphatic hydroxyl groups excluding tert-OH is 2. The van der Waals surface area contributed by atoms with Crippen LogP contribution in [0.1, 0.15) is 24.3 Å². The van der Waals surface area contributed by atoms with Crippen molar-refractivity contribution < 1.29 is 19.9 Å². The molecule has 0 fully saturated rings. The number of nitro groups is 1. The zero-order chi connectivity index (χ0) is 14.6. The zero-order valence-corrected chi connectivity index (χ0v) is 10.5. The highest BCUT2D eigenvalue weighted by atomic mass is 16.6. The summed E-state index contributed by atoms with van der Waals surface area (Å²) in [6, 6.07) is 1.16. The van der Waals surface area contributed by atoms with Crippen molar-refractivity contribution in [1.82, 2.24) is 10.3 Å². The summed E-state index contributed by atoms with van der Waals surface area (Å²) in [5, 5.41) is 32.6. The van der Waals surface area contributed by atoms with E-state index >= 15 is 0 Å². The van der Waals surface area contributed by atoms with Crippen LogP contribution in [0.3, 0.4) is 0 Å². The molecule has 0 saturated heterocycles. The monoisotopic (exact) mass is 269 g/mol. The number of amides is 1. The molecule has 2 atom stereocenters. The summed E-state index contributed by atoms with van der Waals surface area (Å²) in [6.07, 6.45) is -1.56. The molecular formula is C11H15N3O5. The number of aromatic nitrogens is 1. The molecule has 1 aromatic rings. The number of aliphatic hydroxyl groups is 2. The number of hydrogen-bond donors (Lipinski definition) is 3. The Morgan fingerprint density at radius 3 is 2.74 bits per heavy atom. The Hall–Kier alpha value is -2.06. The largest absolute Gasteiger partial charge is 0.388 e. The Labute approximate surface area is 109 Å². The molecule has 0 aliphatic rings. The number of carbonyl (C=O) groups is 1.